The molecule has 142 valence electrons. The molecule has 1 aromatic heterocycles. The molecule has 2 amide bonds. The van der Waals surface area contributed by atoms with E-state index in [0.717, 1.165) is 37.8 Å². The molecule has 4 rings (SSSR count). The highest BCUT2D eigenvalue weighted by atomic mass is 35.5. The fraction of sp³-hybridized carbons (Fsp3) is 0.429. The summed E-state index contributed by atoms with van der Waals surface area (Å²) in [5.41, 5.74) is 1.68. The maximum Gasteiger partial charge on any atom is 0.257 e. The van der Waals surface area contributed by atoms with Crippen LogP contribution in [-0.4, -0.2) is 41.2 Å². The summed E-state index contributed by atoms with van der Waals surface area (Å²) in [5, 5.41) is 0.704. The van der Waals surface area contributed by atoms with E-state index in [1.54, 1.807) is 11.0 Å². The van der Waals surface area contributed by atoms with Crippen molar-refractivity contribution < 1.29 is 14.0 Å². The Morgan fingerprint density at radius 3 is 2.56 bits per heavy atom. The van der Waals surface area contributed by atoms with E-state index in [2.05, 4.69) is 0 Å². The molecule has 0 aliphatic carbocycles. The van der Waals surface area contributed by atoms with Crippen LogP contribution >= 0.6 is 11.6 Å². The molecule has 0 unspecified atom stereocenters. The average Bonchev–Trinajstić information content (AvgIpc) is 3.39. The largest absolute Gasteiger partial charge is 0.472 e. The van der Waals surface area contributed by atoms with Gasteiger partial charge in [-0.25, -0.2) is 0 Å². The zero-order valence-electron chi connectivity index (χ0n) is 15.1. The molecule has 1 aromatic carbocycles. The number of benzene rings is 1. The second-order valence-electron chi connectivity index (χ2n) is 7.34. The summed E-state index contributed by atoms with van der Waals surface area (Å²) in [6.07, 6.45) is 6.62. The van der Waals surface area contributed by atoms with Crippen LogP contribution in [-0.2, 0) is 4.79 Å². The summed E-state index contributed by atoms with van der Waals surface area (Å²) >= 11 is 6.00. The van der Waals surface area contributed by atoms with Gasteiger partial charge in [0.1, 0.15) is 6.26 Å². The van der Waals surface area contributed by atoms with E-state index in [1.165, 1.54) is 12.5 Å². The Morgan fingerprint density at radius 2 is 1.81 bits per heavy atom. The van der Waals surface area contributed by atoms with Crippen LogP contribution in [0.25, 0.3) is 0 Å². The Hall–Kier alpha value is -2.27. The standard InChI is InChI=1S/C21H23ClN2O3/c22-18-7-5-15(6-8-18)19-4-2-11-24(19)21(26)16-3-1-10-23(13-16)20(25)17-9-12-27-14-17/h5-9,12,14,16,19H,1-4,10-11,13H2/t16-,19-/m1/s1. The Labute approximate surface area is 163 Å². The van der Waals surface area contributed by atoms with Gasteiger partial charge in [-0.05, 0) is 49.4 Å². The van der Waals surface area contributed by atoms with Gasteiger partial charge in [-0.1, -0.05) is 23.7 Å². The van der Waals surface area contributed by atoms with E-state index in [1.807, 2.05) is 29.2 Å². The van der Waals surface area contributed by atoms with E-state index >= 15 is 0 Å². The summed E-state index contributed by atoms with van der Waals surface area (Å²) < 4.78 is 5.02. The van der Waals surface area contributed by atoms with Gasteiger partial charge >= 0.3 is 0 Å². The van der Waals surface area contributed by atoms with Crippen LogP contribution in [0.2, 0.25) is 5.02 Å². The molecule has 3 heterocycles. The van der Waals surface area contributed by atoms with Crippen molar-refractivity contribution in [2.75, 3.05) is 19.6 Å². The number of piperidine rings is 1. The van der Waals surface area contributed by atoms with Crippen molar-refractivity contribution >= 4 is 23.4 Å². The Bertz CT molecular complexity index is 803. The molecule has 0 N–H and O–H groups in total. The van der Waals surface area contributed by atoms with Crippen LogP contribution in [0.1, 0.15) is 47.6 Å². The lowest BCUT2D eigenvalue weighted by Crippen LogP contribution is -2.46. The Kier molecular flexibility index (Phi) is 5.21. The SMILES string of the molecule is O=C(c1ccoc1)N1CCC[C@@H](C(=O)N2CCC[C@@H]2c2ccc(Cl)cc2)C1. The predicted octanol–water partition coefficient (Wildman–Crippen LogP) is 4.15. The molecule has 0 saturated carbocycles. The second kappa shape index (κ2) is 7.77. The van der Waals surface area contributed by atoms with E-state index in [9.17, 15) is 9.59 Å². The average molecular weight is 387 g/mol. The molecule has 2 fully saturated rings. The number of carbonyl (C=O) groups excluding carboxylic acids is 2. The molecular formula is C21H23ClN2O3. The first kappa shape index (κ1) is 18.1. The zero-order valence-corrected chi connectivity index (χ0v) is 15.9. The molecule has 0 spiro atoms. The van der Waals surface area contributed by atoms with Gasteiger partial charge in [0.2, 0.25) is 5.91 Å². The summed E-state index contributed by atoms with van der Waals surface area (Å²) in [6, 6.07) is 9.55. The maximum atomic E-state index is 13.2. The van der Waals surface area contributed by atoms with Crippen molar-refractivity contribution in [1.29, 1.82) is 0 Å². The van der Waals surface area contributed by atoms with E-state index < -0.39 is 0 Å². The molecule has 6 heteroatoms. The van der Waals surface area contributed by atoms with Crippen molar-refractivity contribution in [3.05, 3.63) is 59.0 Å². The van der Waals surface area contributed by atoms with Crippen LogP contribution in [0, 0.1) is 5.92 Å². The van der Waals surface area contributed by atoms with Gasteiger partial charge in [0.05, 0.1) is 23.8 Å². The van der Waals surface area contributed by atoms with E-state index in [4.69, 9.17) is 16.0 Å². The first-order valence-corrected chi connectivity index (χ1v) is 9.88. The molecule has 0 radical (unpaired) electrons. The molecule has 2 saturated heterocycles. The molecule has 2 aliphatic heterocycles. The van der Waals surface area contributed by atoms with Crippen LogP contribution < -0.4 is 0 Å². The molecule has 27 heavy (non-hydrogen) atoms. The molecule has 0 bridgehead atoms. The number of hydrogen-bond donors (Lipinski definition) is 0. The van der Waals surface area contributed by atoms with Crippen LogP contribution in [0.4, 0.5) is 0 Å². The highest BCUT2D eigenvalue weighted by molar-refractivity contribution is 6.30. The summed E-state index contributed by atoms with van der Waals surface area (Å²) in [4.78, 5) is 29.6. The normalized spacial score (nSPS) is 22.9. The molecule has 2 aliphatic rings. The number of halogens is 1. The second-order valence-corrected chi connectivity index (χ2v) is 7.78. The summed E-state index contributed by atoms with van der Waals surface area (Å²) in [6.45, 7) is 1.94. The topological polar surface area (TPSA) is 53.8 Å². The van der Waals surface area contributed by atoms with E-state index in [0.29, 0.717) is 23.7 Å². The van der Waals surface area contributed by atoms with Gasteiger partial charge in [0, 0.05) is 24.7 Å². The first-order chi connectivity index (χ1) is 13.1. The van der Waals surface area contributed by atoms with Gasteiger partial charge in [0.25, 0.3) is 5.91 Å². The lowest BCUT2D eigenvalue weighted by atomic mass is 9.95. The molecular weight excluding hydrogens is 364 g/mol. The highest BCUT2D eigenvalue weighted by Crippen LogP contribution is 2.35. The Balaban J connectivity index is 1.46. The van der Waals surface area contributed by atoms with Gasteiger partial charge in [-0.15, -0.1) is 0 Å². The third-order valence-electron chi connectivity index (χ3n) is 5.62. The number of furan rings is 1. The van der Waals surface area contributed by atoms with Crippen molar-refractivity contribution in [3.8, 4) is 0 Å². The van der Waals surface area contributed by atoms with Gasteiger partial charge in [-0.2, -0.15) is 0 Å². The minimum absolute atomic E-state index is 0.0584. The fourth-order valence-electron chi connectivity index (χ4n) is 4.23. The van der Waals surface area contributed by atoms with Gasteiger partial charge < -0.3 is 14.2 Å². The third kappa shape index (κ3) is 3.74. The first-order valence-electron chi connectivity index (χ1n) is 9.51. The van der Waals surface area contributed by atoms with Crippen molar-refractivity contribution in [1.82, 2.24) is 9.80 Å². The molecule has 2 aromatic rings. The highest BCUT2D eigenvalue weighted by Gasteiger charge is 2.36. The number of rotatable bonds is 3. The lowest BCUT2D eigenvalue weighted by Gasteiger charge is -2.35. The number of amides is 2. The van der Waals surface area contributed by atoms with Crippen LogP contribution in [0.15, 0.2) is 47.3 Å². The van der Waals surface area contributed by atoms with Crippen LogP contribution in [0.3, 0.4) is 0 Å². The van der Waals surface area contributed by atoms with Gasteiger partial charge in [0.15, 0.2) is 0 Å². The van der Waals surface area contributed by atoms with E-state index in [-0.39, 0.29) is 23.8 Å². The zero-order chi connectivity index (χ0) is 18.8. The predicted molar refractivity (Wildman–Crippen MR) is 102 cm³/mol. The molecule has 5 nitrogen and oxygen atoms in total. The number of carbonyl (C=O) groups is 2. The Morgan fingerprint density at radius 1 is 1.04 bits per heavy atom. The van der Waals surface area contributed by atoms with Crippen molar-refractivity contribution in [2.45, 2.75) is 31.7 Å². The maximum absolute atomic E-state index is 13.2. The smallest absolute Gasteiger partial charge is 0.257 e. The molecule has 2 atom stereocenters. The third-order valence-corrected chi connectivity index (χ3v) is 5.87. The minimum atomic E-state index is -0.137. The lowest BCUT2D eigenvalue weighted by molar-refractivity contribution is -0.137. The minimum Gasteiger partial charge on any atom is -0.472 e. The van der Waals surface area contributed by atoms with Gasteiger partial charge in [-0.3, -0.25) is 9.59 Å². The number of nitrogens with zero attached hydrogens (tertiary/aromatic N) is 2. The summed E-state index contributed by atoms with van der Waals surface area (Å²) in [7, 11) is 0. The number of likely N-dealkylation sites (tertiary alicyclic amines) is 2. The quantitative estimate of drug-likeness (QED) is 0.796. The monoisotopic (exact) mass is 386 g/mol. The fourth-order valence-corrected chi connectivity index (χ4v) is 4.35. The van der Waals surface area contributed by atoms with Crippen molar-refractivity contribution in [3.63, 3.8) is 0 Å². The number of hydrogen-bond acceptors (Lipinski definition) is 3. The van der Waals surface area contributed by atoms with Crippen LogP contribution in [0.5, 0.6) is 0 Å². The van der Waals surface area contributed by atoms with Crippen molar-refractivity contribution in [2.24, 2.45) is 5.92 Å². The summed E-state index contributed by atoms with van der Waals surface area (Å²) in [5.74, 6) is -0.0310.